The summed E-state index contributed by atoms with van der Waals surface area (Å²) in [4.78, 5) is 22.6. The van der Waals surface area contributed by atoms with E-state index in [-0.39, 0.29) is 18.2 Å². The van der Waals surface area contributed by atoms with Gasteiger partial charge in [0.05, 0.1) is 0 Å². The van der Waals surface area contributed by atoms with Gasteiger partial charge in [-0.25, -0.2) is 0 Å². The highest BCUT2D eigenvalue weighted by molar-refractivity contribution is 5.95. The molecule has 0 aliphatic carbocycles. The third kappa shape index (κ3) is 2.96. The second kappa shape index (κ2) is 4.91. The van der Waals surface area contributed by atoms with E-state index in [1.54, 1.807) is 6.92 Å². The normalized spacial score (nSPS) is 27.3. The van der Waals surface area contributed by atoms with Crippen LogP contribution in [0.3, 0.4) is 0 Å². The zero-order valence-corrected chi connectivity index (χ0v) is 8.41. The summed E-state index contributed by atoms with van der Waals surface area (Å²) >= 11 is 0. The molecule has 0 bridgehead atoms. The average molecular weight is 198 g/mol. The Labute approximate surface area is 82.9 Å². The molecule has 4 nitrogen and oxygen atoms in total. The monoisotopic (exact) mass is 198 g/mol. The van der Waals surface area contributed by atoms with Gasteiger partial charge in [0.1, 0.15) is 11.9 Å². The number of carbonyl (C=O) groups is 2. The summed E-state index contributed by atoms with van der Waals surface area (Å²) in [6.45, 7) is 3.88. The minimum Gasteiger partial charge on any atom is -0.431 e. The van der Waals surface area contributed by atoms with Gasteiger partial charge >= 0.3 is 5.97 Å². The summed E-state index contributed by atoms with van der Waals surface area (Å²) in [5, 5.41) is 0. The Bertz CT molecular complexity index is 267. The maximum absolute atomic E-state index is 11.5. The van der Waals surface area contributed by atoms with E-state index >= 15 is 0 Å². The van der Waals surface area contributed by atoms with Crippen LogP contribution in [0.2, 0.25) is 0 Å². The van der Waals surface area contributed by atoms with Crippen molar-refractivity contribution in [2.75, 3.05) is 6.61 Å². The Hall–Kier alpha value is -1.16. The molecule has 4 heteroatoms. The van der Waals surface area contributed by atoms with Crippen LogP contribution in [0, 0.1) is 0 Å². The van der Waals surface area contributed by atoms with Crippen molar-refractivity contribution in [2.45, 2.75) is 32.8 Å². The van der Waals surface area contributed by atoms with E-state index in [2.05, 4.69) is 0 Å². The summed E-state index contributed by atoms with van der Waals surface area (Å²) in [6, 6.07) is 0. The van der Waals surface area contributed by atoms with E-state index in [9.17, 15) is 9.59 Å². The smallest absolute Gasteiger partial charge is 0.310 e. The van der Waals surface area contributed by atoms with Crippen molar-refractivity contribution >= 4 is 11.8 Å². The molecule has 1 aliphatic rings. The highest BCUT2D eigenvalue weighted by Gasteiger charge is 2.21. The molecule has 0 fully saturated rings. The molecule has 0 aromatic rings. The molecule has 1 heterocycles. The van der Waals surface area contributed by atoms with Gasteiger partial charge in [-0.05, 0) is 20.3 Å². The number of carbonyl (C=O) groups excluding carboxylic acids is 2. The van der Waals surface area contributed by atoms with E-state index in [4.69, 9.17) is 9.47 Å². The third-order valence-corrected chi connectivity index (χ3v) is 1.92. The second-order valence-corrected chi connectivity index (χ2v) is 3.11. The van der Waals surface area contributed by atoms with Crippen molar-refractivity contribution in [1.82, 2.24) is 0 Å². The SMILES string of the molecule is CCOC1CCC(=O)O/C(C)=C\C1=O. The first-order valence-corrected chi connectivity index (χ1v) is 4.68. The van der Waals surface area contributed by atoms with Crippen molar-refractivity contribution in [3.63, 3.8) is 0 Å². The zero-order chi connectivity index (χ0) is 10.6. The molecule has 0 saturated carbocycles. The zero-order valence-electron chi connectivity index (χ0n) is 8.41. The molecule has 0 radical (unpaired) electrons. The third-order valence-electron chi connectivity index (χ3n) is 1.92. The minimum atomic E-state index is -0.497. The van der Waals surface area contributed by atoms with Crippen LogP contribution < -0.4 is 0 Å². The van der Waals surface area contributed by atoms with Crippen molar-refractivity contribution in [2.24, 2.45) is 0 Å². The molecule has 1 rings (SSSR count). The van der Waals surface area contributed by atoms with Crippen LogP contribution in [-0.2, 0) is 19.1 Å². The molecule has 1 atom stereocenters. The van der Waals surface area contributed by atoms with Gasteiger partial charge in [-0.3, -0.25) is 9.59 Å². The second-order valence-electron chi connectivity index (χ2n) is 3.11. The van der Waals surface area contributed by atoms with E-state index in [0.29, 0.717) is 18.8 Å². The molecule has 0 aromatic heterocycles. The molecule has 0 amide bonds. The molecule has 0 aromatic carbocycles. The van der Waals surface area contributed by atoms with E-state index < -0.39 is 6.10 Å². The number of cyclic esters (lactones) is 1. The highest BCUT2D eigenvalue weighted by Crippen LogP contribution is 2.12. The van der Waals surface area contributed by atoms with Crippen LogP contribution in [0.15, 0.2) is 11.8 Å². The Morgan fingerprint density at radius 3 is 2.93 bits per heavy atom. The number of allylic oxidation sites excluding steroid dienone is 1. The van der Waals surface area contributed by atoms with Crippen LogP contribution >= 0.6 is 0 Å². The van der Waals surface area contributed by atoms with Gasteiger partial charge < -0.3 is 9.47 Å². The fraction of sp³-hybridized carbons (Fsp3) is 0.600. The topological polar surface area (TPSA) is 52.6 Å². The molecule has 0 saturated heterocycles. The Kier molecular flexibility index (Phi) is 3.83. The Morgan fingerprint density at radius 1 is 1.57 bits per heavy atom. The van der Waals surface area contributed by atoms with Crippen LogP contribution in [0.25, 0.3) is 0 Å². The van der Waals surface area contributed by atoms with Gasteiger partial charge in [0.2, 0.25) is 0 Å². The predicted octanol–water partition coefficient (Wildman–Crippen LogP) is 1.20. The van der Waals surface area contributed by atoms with Crippen LogP contribution in [0.5, 0.6) is 0 Å². The molecular formula is C10H14O4. The first-order chi connectivity index (χ1) is 6.63. The minimum absolute atomic E-state index is 0.128. The number of ketones is 1. The quantitative estimate of drug-likeness (QED) is 0.625. The first kappa shape index (κ1) is 10.9. The van der Waals surface area contributed by atoms with Gasteiger partial charge in [0.15, 0.2) is 5.78 Å². The maximum atomic E-state index is 11.5. The lowest BCUT2D eigenvalue weighted by atomic mass is 10.1. The fourth-order valence-corrected chi connectivity index (χ4v) is 1.31. The van der Waals surface area contributed by atoms with Crippen molar-refractivity contribution < 1.29 is 19.1 Å². The molecule has 14 heavy (non-hydrogen) atoms. The lowest BCUT2D eigenvalue weighted by Crippen LogP contribution is -2.26. The molecular weight excluding hydrogens is 184 g/mol. The number of hydrogen-bond donors (Lipinski definition) is 0. The maximum Gasteiger partial charge on any atom is 0.310 e. The van der Waals surface area contributed by atoms with Gasteiger partial charge in [-0.1, -0.05) is 0 Å². The lowest BCUT2D eigenvalue weighted by Gasteiger charge is -2.16. The molecule has 78 valence electrons. The van der Waals surface area contributed by atoms with E-state index in [1.807, 2.05) is 6.92 Å². The van der Waals surface area contributed by atoms with E-state index in [1.165, 1.54) is 6.08 Å². The highest BCUT2D eigenvalue weighted by atomic mass is 16.5. The largest absolute Gasteiger partial charge is 0.431 e. The Balaban J connectivity index is 2.74. The lowest BCUT2D eigenvalue weighted by molar-refractivity contribution is -0.142. The predicted molar refractivity (Wildman–Crippen MR) is 49.5 cm³/mol. The van der Waals surface area contributed by atoms with Gasteiger partial charge in [0.25, 0.3) is 0 Å². The summed E-state index contributed by atoms with van der Waals surface area (Å²) in [5.74, 6) is -0.0998. The number of hydrogen-bond acceptors (Lipinski definition) is 4. The van der Waals surface area contributed by atoms with Crippen molar-refractivity contribution in [3.05, 3.63) is 11.8 Å². The van der Waals surface area contributed by atoms with Gasteiger partial charge in [-0.15, -0.1) is 0 Å². The average Bonchev–Trinajstić information content (AvgIpc) is 2.09. The van der Waals surface area contributed by atoms with Crippen LogP contribution in [0.4, 0.5) is 0 Å². The number of esters is 1. The van der Waals surface area contributed by atoms with E-state index in [0.717, 1.165) is 0 Å². The molecule has 1 unspecified atom stereocenters. The van der Waals surface area contributed by atoms with Crippen molar-refractivity contribution in [1.29, 1.82) is 0 Å². The van der Waals surface area contributed by atoms with Gasteiger partial charge in [0, 0.05) is 19.1 Å². The first-order valence-electron chi connectivity index (χ1n) is 4.68. The summed E-state index contributed by atoms with van der Waals surface area (Å²) in [7, 11) is 0. The van der Waals surface area contributed by atoms with Crippen molar-refractivity contribution in [3.8, 4) is 0 Å². The summed E-state index contributed by atoms with van der Waals surface area (Å²) < 4.78 is 10.1. The molecule has 1 aliphatic heterocycles. The fourth-order valence-electron chi connectivity index (χ4n) is 1.31. The standard InChI is InChI=1S/C10H14O4/c1-3-13-9-4-5-10(12)14-7(2)6-8(9)11/h6,9H,3-5H2,1-2H3/b7-6-. The van der Waals surface area contributed by atoms with Crippen LogP contribution in [-0.4, -0.2) is 24.5 Å². The summed E-state index contributed by atoms with van der Waals surface area (Å²) in [6.07, 6.45) is 1.44. The van der Waals surface area contributed by atoms with Gasteiger partial charge in [-0.2, -0.15) is 0 Å². The summed E-state index contributed by atoms with van der Waals surface area (Å²) in [5.41, 5.74) is 0. The van der Waals surface area contributed by atoms with Crippen LogP contribution in [0.1, 0.15) is 26.7 Å². The number of ether oxygens (including phenoxy) is 2. The number of rotatable bonds is 2. The Morgan fingerprint density at radius 2 is 2.29 bits per heavy atom. The molecule has 0 spiro atoms. The molecule has 0 N–H and O–H groups in total.